The van der Waals surface area contributed by atoms with Crippen LogP contribution in [0.1, 0.15) is 16.8 Å². The zero-order valence-corrected chi connectivity index (χ0v) is 17.0. The Bertz CT molecular complexity index is 1150. The Balaban J connectivity index is 1.57. The summed E-state index contributed by atoms with van der Waals surface area (Å²) in [6.45, 7) is 3.00. The maximum absolute atomic E-state index is 10.7. The number of hydrogen-bond acceptors (Lipinski definition) is 3. The van der Waals surface area contributed by atoms with Gasteiger partial charge in [0.1, 0.15) is 12.4 Å². The number of ether oxygens (including phenoxy) is 1. The van der Waals surface area contributed by atoms with E-state index in [1.807, 2.05) is 84.3 Å². The molecule has 4 aromatic rings. The predicted octanol–water partition coefficient (Wildman–Crippen LogP) is 5.65. The quantitative estimate of drug-likeness (QED) is 0.424. The van der Waals surface area contributed by atoms with E-state index >= 15 is 0 Å². The summed E-state index contributed by atoms with van der Waals surface area (Å²) in [7, 11) is 0. The molecule has 0 aliphatic heterocycles. The van der Waals surface area contributed by atoms with E-state index in [9.17, 15) is 5.11 Å². The first-order valence-electron chi connectivity index (χ1n) is 9.45. The van der Waals surface area contributed by atoms with Crippen LogP contribution in [0.4, 0.5) is 0 Å². The smallest absolute Gasteiger partial charge is 0.217 e. The average molecular weight is 403 g/mol. The summed E-state index contributed by atoms with van der Waals surface area (Å²) in [6.07, 6.45) is 0. The van der Waals surface area contributed by atoms with Gasteiger partial charge in [-0.05, 0) is 54.5 Å². The third kappa shape index (κ3) is 4.10. The standard InChI is InChI=1S/C24H22N2O2S/c1-18-23(27)26(24(29)25(18)16-19-8-4-2-5-9-19)21-12-14-22(15-13-21)28-17-20-10-6-3-7-11-20/h2-15,27H,16-17H2,1H3. The summed E-state index contributed by atoms with van der Waals surface area (Å²) in [5.41, 5.74) is 3.79. The summed E-state index contributed by atoms with van der Waals surface area (Å²) in [4.78, 5) is 0. The number of nitrogens with zero attached hydrogens (tertiary/aromatic N) is 2. The van der Waals surface area contributed by atoms with Gasteiger partial charge in [-0.2, -0.15) is 0 Å². The van der Waals surface area contributed by atoms with E-state index in [1.165, 1.54) is 0 Å². The summed E-state index contributed by atoms with van der Waals surface area (Å²) in [5.74, 6) is 0.924. The Kier molecular flexibility index (Phi) is 5.49. The van der Waals surface area contributed by atoms with Crippen LogP contribution in [0.2, 0.25) is 0 Å². The number of aromatic hydroxyl groups is 1. The first-order valence-corrected chi connectivity index (χ1v) is 9.86. The average Bonchev–Trinajstić information content (AvgIpc) is 2.97. The predicted molar refractivity (Wildman–Crippen MR) is 117 cm³/mol. The minimum Gasteiger partial charge on any atom is -0.493 e. The van der Waals surface area contributed by atoms with E-state index in [0.29, 0.717) is 17.9 Å². The van der Waals surface area contributed by atoms with Crippen molar-refractivity contribution in [1.29, 1.82) is 0 Å². The second kappa shape index (κ2) is 8.37. The van der Waals surface area contributed by atoms with Gasteiger partial charge in [-0.25, -0.2) is 0 Å². The number of aromatic nitrogens is 2. The van der Waals surface area contributed by atoms with Crippen LogP contribution in [-0.2, 0) is 13.2 Å². The van der Waals surface area contributed by atoms with Gasteiger partial charge in [0.15, 0.2) is 4.77 Å². The first-order chi connectivity index (χ1) is 14.1. The highest BCUT2D eigenvalue weighted by molar-refractivity contribution is 7.71. The third-order valence-corrected chi connectivity index (χ3v) is 5.29. The first kappa shape index (κ1) is 19.0. The fraction of sp³-hybridized carbons (Fsp3) is 0.125. The fourth-order valence-corrected chi connectivity index (χ4v) is 3.65. The summed E-state index contributed by atoms with van der Waals surface area (Å²) in [6, 6.07) is 27.7. The van der Waals surface area contributed by atoms with Gasteiger partial charge < -0.3 is 14.4 Å². The van der Waals surface area contributed by atoms with E-state index in [0.717, 1.165) is 28.3 Å². The van der Waals surface area contributed by atoms with E-state index < -0.39 is 0 Å². The Morgan fingerprint density at radius 1 is 0.828 bits per heavy atom. The zero-order valence-electron chi connectivity index (χ0n) is 16.2. The molecule has 4 rings (SSSR count). The molecule has 5 heteroatoms. The minimum atomic E-state index is 0.156. The van der Waals surface area contributed by atoms with Crippen molar-refractivity contribution in [3.8, 4) is 17.3 Å². The van der Waals surface area contributed by atoms with Gasteiger partial charge in [-0.1, -0.05) is 60.7 Å². The zero-order chi connectivity index (χ0) is 20.2. The lowest BCUT2D eigenvalue weighted by molar-refractivity contribution is 0.306. The van der Waals surface area contributed by atoms with Gasteiger partial charge in [0, 0.05) is 0 Å². The summed E-state index contributed by atoms with van der Waals surface area (Å²) in [5, 5.41) is 10.7. The molecule has 3 aromatic carbocycles. The molecule has 0 atom stereocenters. The van der Waals surface area contributed by atoms with Gasteiger partial charge in [-0.3, -0.25) is 4.57 Å². The van der Waals surface area contributed by atoms with E-state index in [4.69, 9.17) is 17.0 Å². The maximum Gasteiger partial charge on any atom is 0.217 e. The molecule has 1 heterocycles. The van der Waals surface area contributed by atoms with E-state index in [2.05, 4.69) is 12.1 Å². The Hall–Kier alpha value is -3.31. The molecule has 4 nitrogen and oxygen atoms in total. The lowest BCUT2D eigenvalue weighted by Gasteiger charge is -2.09. The van der Waals surface area contributed by atoms with Gasteiger partial charge in [0.05, 0.1) is 17.9 Å². The van der Waals surface area contributed by atoms with Gasteiger partial charge in [0.2, 0.25) is 5.88 Å². The Morgan fingerprint density at radius 2 is 1.41 bits per heavy atom. The molecule has 0 unspecified atom stereocenters. The maximum atomic E-state index is 10.7. The number of imidazole rings is 1. The van der Waals surface area contributed by atoms with Crippen LogP contribution in [0, 0.1) is 11.7 Å². The largest absolute Gasteiger partial charge is 0.493 e. The molecule has 0 saturated carbocycles. The molecule has 0 aliphatic carbocycles. The molecule has 146 valence electrons. The molecule has 0 radical (unpaired) electrons. The lowest BCUT2D eigenvalue weighted by Crippen LogP contribution is -2.03. The van der Waals surface area contributed by atoms with Gasteiger partial charge in [0.25, 0.3) is 0 Å². The summed E-state index contributed by atoms with van der Waals surface area (Å²) >= 11 is 5.66. The van der Waals surface area contributed by atoms with E-state index in [-0.39, 0.29) is 5.88 Å². The van der Waals surface area contributed by atoms with Crippen molar-refractivity contribution in [2.24, 2.45) is 0 Å². The van der Waals surface area contributed by atoms with Crippen LogP contribution in [0.3, 0.4) is 0 Å². The highest BCUT2D eigenvalue weighted by atomic mass is 32.1. The molecular weight excluding hydrogens is 380 g/mol. The molecule has 0 aliphatic rings. The van der Waals surface area contributed by atoms with Crippen molar-refractivity contribution in [2.75, 3.05) is 0 Å². The highest BCUT2D eigenvalue weighted by Gasteiger charge is 2.15. The molecule has 0 amide bonds. The number of benzene rings is 3. The fourth-order valence-electron chi connectivity index (χ4n) is 3.25. The molecule has 29 heavy (non-hydrogen) atoms. The van der Waals surface area contributed by atoms with Crippen molar-refractivity contribution in [2.45, 2.75) is 20.1 Å². The molecule has 0 saturated heterocycles. The molecule has 1 aromatic heterocycles. The van der Waals surface area contributed by atoms with Crippen molar-refractivity contribution in [3.63, 3.8) is 0 Å². The van der Waals surface area contributed by atoms with Gasteiger partial charge in [-0.15, -0.1) is 0 Å². The van der Waals surface area contributed by atoms with Crippen LogP contribution in [0.15, 0.2) is 84.9 Å². The molecule has 0 spiro atoms. The van der Waals surface area contributed by atoms with Gasteiger partial charge >= 0.3 is 0 Å². The SMILES string of the molecule is Cc1c(O)n(-c2ccc(OCc3ccccc3)cc2)c(=S)n1Cc1ccccc1. The van der Waals surface area contributed by atoms with Crippen LogP contribution >= 0.6 is 12.2 Å². The molecular formula is C24H22N2O2S. The second-order valence-electron chi connectivity index (χ2n) is 6.87. The molecule has 0 fully saturated rings. The Labute approximate surface area is 175 Å². The van der Waals surface area contributed by atoms with Crippen LogP contribution in [-0.4, -0.2) is 14.2 Å². The van der Waals surface area contributed by atoms with Crippen LogP contribution < -0.4 is 4.74 Å². The summed E-state index contributed by atoms with van der Waals surface area (Å²) < 4.78 is 10.0. The Morgan fingerprint density at radius 3 is 2.03 bits per heavy atom. The van der Waals surface area contributed by atoms with Crippen LogP contribution in [0.25, 0.3) is 5.69 Å². The van der Waals surface area contributed by atoms with Crippen molar-refractivity contribution >= 4 is 12.2 Å². The molecule has 1 N–H and O–H groups in total. The van der Waals surface area contributed by atoms with E-state index in [1.54, 1.807) is 4.57 Å². The number of rotatable bonds is 6. The molecule has 0 bridgehead atoms. The lowest BCUT2D eigenvalue weighted by atomic mass is 10.2. The van der Waals surface area contributed by atoms with Crippen molar-refractivity contribution in [3.05, 3.63) is 107 Å². The van der Waals surface area contributed by atoms with Crippen molar-refractivity contribution in [1.82, 2.24) is 9.13 Å². The van der Waals surface area contributed by atoms with Crippen LogP contribution in [0.5, 0.6) is 11.6 Å². The highest BCUT2D eigenvalue weighted by Crippen LogP contribution is 2.27. The second-order valence-corrected chi connectivity index (χ2v) is 7.23. The minimum absolute atomic E-state index is 0.156. The van der Waals surface area contributed by atoms with Crippen molar-refractivity contribution < 1.29 is 9.84 Å². The topological polar surface area (TPSA) is 39.3 Å². The monoisotopic (exact) mass is 402 g/mol. The number of hydrogen-bond donors (Lipinski definition) is 1. The normalized spacial score (nSPS) is 10.8. The third-order valence-electron chi connectivity index (χ3n) is 4.89.